The van der Waals surface area contributed by atoms with E-state index in [2.05, 4.69) is 44.1 Å². The molecule has 1 atom stereocenters. The second-order valence-corrected chi connectivity index (χ2v) is 5.04. The minimum Gasteiger partial charge on any atom is -0.469 e. The van der Waals surface area contributed by atoms with Gasteiger partial charge < -0.3 is 9.73 Å². The van der Waals surface area contributed by atoms with E-state index in [9.17, 15) is 0 Å². The van der Waals surface area contributed by atoms with E-state index < -0.39 is 0 Å². The molecule has 0 aliphatic heterocycles. The Labute approximate surface area is 105 Å². The first-order valence-electron chi connectivity index (χ1n) is 6.51. The lowest BCUT2D eigenvalue weighted by Crippen LogP contribution is -2.41. The second-order valence-electron chi connectivity index (χ2n) is 5.04. The van der Waals surface area contributed by atoms with Crippen LogP contribution < -0.4 is 5.32 Å². The molecular weight excluding hydrogens is 212 g/mol. The van der Waals surface area contributed by atoms with Crippen molar-refractivity contribution in [3.8, 4) is 0 Å². The molecule has 1 aromatic rings. The summed E-state index contributed by atoms with van der Waals surface area (Å²) in [6, 6.07) is 3.19. The summed E-state index contributed by atoms with van der Waals surface area (Å²) in [5.41, 5.74) is 1.29. The Kier molecular flexibility index (Phi) is 5.72. The molecule has 3 nitrogen and oxygen atoms in total. The summed E-state index contributed by atoms with van der Waals surface area (Å²) in [4.78, 5) is 2.40. The van der Waals surface area contributed by atoms with Crippen LogP contribution in [-0.2, 0) is 6.54 Å². The van der Waals surface area contributed by atoms with Crippen molar-refractivity contribution in [2.24, 2.45) is 0 Å². The number of likely N-dealkylation sites (N-methyl/N-ethyl adjacent to an activating group) is 1. The number of hydrogen-bond donors (Lipinski definition) is 1. The van der Waals surface area contributed by atoms with E-state index in [-0.39, 0.29) is 0 Å². The van der Waals surface area contributed by atoms with Crippen LogP contribution in [0.4, 0.5) is 0 Å². The molecule has 1 N–H and O–H groups in total. The Morgan fingerprint density at radius 2 is 2.12 bits per heavy atom. The summed E-state index contributed by atoms with van der Waals surface area (Å²) in [7, 11) is 2.18. The lowest BCUT2D eigenvalue weighted by Gasteiger charge is -2.28. The fourth-order valence-corrected chi connectivity index (χ4v) is 1.96. The molecule has 3 heteroatoms. The Morgan fingerprint density at radius 3 is 2.59 bits per heavy atom. The van der Waals surface area contributed by atoms with Crippen LogP contribution in [0.5, 0.6) is 0 Å². The van der Waals surface area contributed by atoms with Gasteiger partial charge >= 0.3 is 0 Å². The zero-order chi connectivity index (χ0) is 12.8. The third-order valence-corrected chi connectivity index (χ3v) is 3.24. The van der Waals surface area contributed by atoms with Crippen LogP contribution in [0.1, 0.15) is 38.5 Å². The highest BCUT2D eigenvalue weighted by Gasteiger charge is 2.14. The van der Waals surface area contributed by atoms with Gasteiger partial charge in [0.25, 0.3) is 0 Å². The van der Waals surface area contributed by atoms with Crippen molar-refractivity contribution in [1.29, 1.82) is 0 Å². The molecule has 0 saturated heterocycles. The van der Waals surface area contributed by atoms with Crippen LogP contribution in [0.15, 0.2) is 16.7 Å². The van der Waals surface area contributed by atoms with Gasteiger partial charge in [-0.25, -0.2) is 0 Å². The summed E-state index contributed by atoms with van der Waals surface area (Å²) >= 11 is 0. The van der Waals surface area contributed by atoms with Gasteiger partial charge in [0.1, 0.15) is 5.76 Å². The molecule has 1 unspecified atom stereocenters. The lowest BCUT2D eigenvalue weighted by molar-refractivity contribution is 0.217. The molecule has 0 radical (unpaired) electrons. The maximum absolute atomic E-state index is 5.33. The van der Waals surface area contributed by atoms with E-state index >= 15 is 0 Å². The molecule has 0 spiro atoms. The fourth-order valence-electron chi connectivity index (χ4n) is 1.96. The van der Waals surface area contributed by atoms with Gasteiger partial charge in [-0.1, -0.05) is 20.8 Å². The highest BCUT2D eigenvalue weighted by atomic mass is 16.3. The summed E-state index contributed by atoms with van der Waals surface area (Å²) < 4.78 is 5.33. The monoisotopic (exact) mass is 238 g/mol. The van der Waals surface area contributed by atoms with Gasteiger partial charge in [-0.2, -0.15) is 0 Å². The SMILES string of the molecule is CCC(CNC(C)C)N(C)Cc1ccoc1C. The average Bonchev–Trinajstić information content (AvgIpc) is 2.65. The Hall–Kier alpha value is -0.800. The predicted octanol–water partition coefficient (Wildman–Crippen LogP) is 2.80. The van der Waals surface area contributed by atoms with Crippen molar-refractivity contribution >= 4 is 0 Å². The van der Waals surface area contributed by atoms with Crippen molar-refractivity contribution in [3.05, 3.63) is 23.7 Å². The lowest BCUT2D eigenvalue weighted by atomic mass is 10.1. The van der Waals surface area contributed by atoms with Gasteiger partial charge in [0, 0.05) is 30.7 Å². The maximum Gasteiger partial charge on any atom is 0.105 e. The minimum atomic E-state index is 0.549. The molecular formula is C14H26N2O. The largest absolute Gasteiger partial charge is 0.469 e. The van der Waals surface area contributed by atoms with Gasteiger partial charge in [0.15, 0.2) is 0 Å². The van der Waals surface area contributed by atoms with E-state index in [1.54, 1.807) is 6.26 Å². The van der Waals surface area contributed by atoms with Crippen molar-refractivity contribution in [3.63, 3.8) is 0 Å². The topological polar surface area (TPSA) is 28.4 Å². The first-order chi connectivity index (χ1) is 8.04. The van der Waals surface area contributed by atoms with Gasteiger partial charge in [0.2, 0.25) is 0 Å². The zero-order valence-corrected chi connectivity index (χ0v) is 11.8. The fraction of sp³-hybridized carbons (Fsp3) is 0.714. The quantitative estimate of drug-likeness (QED) is 0.792. The number of nitrogens with one attached hydrogen (secondary N) is 1. The minimum absolute atomic E-state index is 0.549. The summed E-state index contributed by atoms with van der Waals surface area (Å²) in [5.74, 6) is 1.03. The Bertz CT molecular complexity index is 320. The molecule has 0 bridgehead atoms. The van der Waals surface area contributed by atoms with Gasteiger partial charge in [-0.3, -0.25) is 4.90 Å². The van der Waals surface area contributed by atoms with E-state index in [1.165, 1.54) is 5.56 Å². The van der Waals surface area contributed by atoms with Crippen LogP contribution in [0.3, 0.4) is 0 Å². The van der Waals surface area contributed by atoms with Gasteiger partial charge in [-0.05, 0) is 26.5 Å². The molecule has 17 heavy (non-hydrogen) atoms. The molecule has 0 amide bonds. The molecule has 0 saturated carbocycles. The number of aryl methyl sites for hydroxylation is 1. The molecule has 0 aliphatic carbocycles. The molecule has 0 aromatic carbocycles. The van der Waals surface area contributed by atoms with E-state index in [1.807, 2.05) is 6.92 Å². The maximum atomic E-state index is 5.33. The standard InChI is InChI=1S/C14H26N2O/c1-6-14(9-15-11(2)3)16(5)10-13-7-8-17-12(13)4/h7-8,11,14-15H,6,9-10H2,1-5H3. The van der Waals surface area contributed by atoms with Gasteiger partial charge in [0.05, 0.1) is 6.26 Å². The van der Waals surface area contributed by atoms with Crippen molar-refractivity contribution in [2.45, 2.75) is 52.7 Å². The van der Waals surface area contributed by atoms with Crippen LogP contribution >= 0.6 is 0 Å². The first kappa shape index (κ1) is 14.3. The summed E-state index contributed by atoms with van der Waals surface area (Å²) in [6.45, 7) is 10.6. The number of hydrogen-bond acceptors (Lipinski definition) is 3. The smallest absolute Gasteiger partial charge is 0.105 e. The Morgan fingerprint density at radius 1 is 1.41 bits per heavy atom. The third-order valence-electron chi connectivity index (χ3n) is 3.24. The summed E-state index contributed by atoms with van der Waals surface area (Å²) in [5, 5.41) is 3.51. The molecule has 1 rings (SSSR count). The van der Waals surface area contributed by atoms with Gasteiger partial charge in [-0.15, -0.1) is 0 Å². The van der Waals surface area contributed by atoms with Crippen LogP contribution in [0.25, 0.3) is 0 Å². The van der Waals surface area contributed by atoms with Crippen molar-refractivity contribution < 1.29 is 4.42 Å². The highest BCUT2D eigenvalue weighted by Crippen LogP contribution is 2.13. The van der Waals surface area contributed by atoms with Crippen LogP contribution in [0.2, 0.25) is 0 Å². The molecule has 0 fully saturated rings. The molecule has 0 aliphatic rings. The number of rotatable bonds is 7. The van der Waals surface area contributed by atoms with Crippen LogP contribution in [0, 0.1) is 6.92 Å². The molecule has 98 valence electrons. The zero-order valence-electron chi connectivity index (χ0n) is 11.8. The number of furan rings is 1. The predicted molar refractivity (Wildman–Crippen MR) is 72.1 cm³/mol. The average molecular weight is 238 g/mol. The van der Waals surface area contributed by atoms with E-state index in [4.69, 9.17) is 4.42 Å². The van der Waals surface area contributed by atoms with Crippen molar-refractivity contribution in [1.82, 2.24) is 10.2 Å². The van der Waals surface area contributed by atoms with Crippen molar-refractivity contribution in [2.75, 3.05) is 13.6 Å². The van der Waals surface area contributed by atoms with E-state index in [0.717, 1.165) is 25.3 Å². The van der Waals surface area contributed by atoms with E-state index in [0.29, 0.717) is 12.1 Å². The van der Waals surface area contributed by atoms with Crippen LogP contribution in [-0.4, -0.2) is 30.6 Å². The summed E-state index contributed by atoms with van der Waals surface area (Å²) in [6.07, 6.45) is 2.93. The molecule has 1 aromatic heterocycles. The third kappa shape index (κ3) is 4.52. The molecule has 1 heterocycles. The first-order valence-corrected chi connectivity index (χ1v) is 6.51. The highest BCUT2D eigenvalue weighted by molar-refractivity contribution is 5.15. The second kappa shape index (κ2) is 6.82. The number of nitrogens with zero attached hydrogens (tertiary/aromatic N) is 1. The Balaban J connectivity index is 2.49. The normalized spacial score (nSPS) is 13.6.